The quantitative estimate of drug-likeness (QED) is 0.241. The summed E-state index contributed by atoms with van der Waals surface area (Å²) in [6.07, 6.45) is 2.35. The number of hydrogen-bond acceptors (Lipinski definition) is 7. The number of nitrogens with zero attached hydrogens (tertiary/aromatic N) is 4. The maximum absolute atomic E-state index is 12.4. The highest BCUT2D eigenvalue weighted by Crippen LogP contribution is 2.38. The molecule has 3 rings (SSSR count). The van der Waals surface area contributed by atoms with Gasteiger partial charge in [0.1, 0.15) is 11.5 Å². The SMILES string of the molecule is NC(N)=NCCCc1cc([C@@H]2CCC3CN2C(=O)N3OS(=O)(=O)O)no1. The summed E-state index contributed by atoms with van der Waals surface area (Å²) >= 11 is 0. The Morgan fingerprint density at radius 2 is 2.23 bits per heavy atom. The number of urea groups is 1. The molecule has 2 aliphatic rings. The van der Waals surface area contributed by atoms with E-state index in [0.29, 0.717) is 48.7 Å². The molecule has 1 unspecified atom stereocenters. The van der Waals surface area contributed by atoms with Crippen molar-refractivity contribution in [2.45, 2.75) is 37.8 Å². The van der Waals surface area contributed by atoms with Crippen LogP contribution in [-0.2, 0) is 21.1 Å². The summed E-state index contributed by atoms with van der Waals surface area (Å²) in [7, 11) is -4.76. The minimum absolute atomic E-state index is 0.0317. The summed E-state index contributed by atoms with van der Waals surface area (Å²) in [5.41, 5.74) is 11.1. The molecule has 5 N–H and O–H groups in total. The molecule has 144 valence electrons. The monoisotopic (exact) mass is 388 g/mol. The van der Waals surface area contributed by atoms with Gasteiger partial charge in [-0.25, -0.2) is 4.79 Å². The number of carbonyl (C=O) groups is 1. The lowest BCUT2D eigenvalue weighted by molar-refractivity contribution is -0.0317. The molecule has 2 aliphatic heterocycles. The van der Waals surface area contributed by atoms with Gasteiger partial charge in [-0.1, -0.05) is 5.16 Å². The Morgan fingerprint density at radius 1 is 1.46 bits per heavy atom. The Bertz CT molecular complexity index is 804. The van der Waals surface area contributed by atoms with Crippen LogP contribution in [0.5, 0.6) is 0 Å². The molecule has 26 heavy (non-hydrogen) atoms. The molecule has 1 aromatic rings. The van der Waals surface area contributed by atoms with Crippen molar-refractivity contribution in [1.82, 2.24) is 15.1 Å². The number of rotatable bonds is 7. The van der Waals surface area contributed by atoms with E-state index >= 15 is 0 Å². The number of nitrogens with two attached hydrogens (primary N) is 2. The first-order valence-electron chi connectivity index (χ1n) is 8.02. The van der Waals surface area contributed by atoms with Crippen LogP contribution in [-0.4, -0.2) is 59.2 Å². The van der Waals surface area contributed by atoms with Crippen LogP contribution in [0, 0.1) is 0 Å². The third-order valence-corrected chi connectivity index (χ3v) is 4.64. The first-order valence-corrected chi connectivity index (χ1v) is 9.39. The topological polar surface area (TPSA) is 178 Å². The van der Waals surface area contributed by atoms with Gasteiger partial charge in [-0.3, -0.25) is 9.55 Å². The number of carbonyl (C=O) groups excluding carboxylic acids is 1. The molecule has 2 saturated heterocycles. The number of guanidine groups is 1. The van der Waals surface area contributed by atoms with Crippen LogP contribution in [0.1, 0.15) is 36.8 Å². The number of aliphatic imine (C=N–C) groups is 1. The standard InChI is InChI=1S/C13H20N6O6S/c14-12(15)16-5-1-2-9-6-10(17-24-9)11-4-3-8-7-18(11)13(20)19(8)25-26(21,22)23/h6,8,11H,1-5,7H2,(H4,14,15,16)(H,21,22,23)/t8?,11-/m0/s1. The van der Waals surface area contributed by atoms with Crippen LogP contribution in [0.15, 0.2) is 15.6 Å². The molecule has 0 aromatic carbocycles. The zero-order chi connectivity index (χ0) is 18.9. The van der Waals surface area contributed by atoms with Crippen LogP contribution in [0.3, 0.4) is 0 Å². The van der Waals surface area contributed by atoms with Crippen molar-refractivity contribution in [3.63, 3.8) is 0 Å². The molecule has 1 aromatic heterocycles. The Balaban J connectivity index is 1.64. The second-order valence-corrected chi connectivity index (χ2v) is 7.14. The van der Waals surface area contributed by atoms with Gasteiger partial charge in [0.25, 0.3) is 0 Å². The van der Waals surface area contributed by atoms with Gasteiger partial charge < -0.3 is 20.9 Å². The molecule has 2 amide bonds. The Hall–Kier alpha value is -2.38. The van der Waals surface area contributed by atoms with E-state index in [-0.39, 0.29) is 18.5 Å². The lowest BCUT2D eigenvalue weighted by Gasteiger charge is -2.28. The molecule has 13 heteroatoms. The Kier molecular flexibility index (Phi) is 5.02. The summed E-state index contributed by atoms with van der Waals surface area (Å²) in [4.78, 5) is 17.7. The Labute approximate surface area is 149 Å². The van der Waals surface area contributed by atoms with Gasteiger partial charge in [0.15, 0.2) is 5.96 Å². The lowest BCUT2D eigenvalue weighted by Crippen LogP contribution is -2.35. The van der Waals surface area contributed by atoms with Gasteiger partial charge >= 0.3 is 16.4 Å². The maximum Gasteiger partial charge on any atom is 0.418 e. The fraction of sp³-hybridized carbons (Fsp3) is 0.615. The van der Waals surface area contributed by atoms with Crippen LogP contribution in [0.2, 0.25) is 0 Å². The third kappa shape index (κ3) is 4.05. The first-order chi connectivity index (χ1) is 12.2. The second-order valence-electron chi connectivity index (χ2n) is 6.14. The highest BCUT2D eigenvalue weighted by atomic mass is 32.3. The largest absolute Gasteiger partial charge is 0.418 e. The van der Waals surface area contributed by atoms with E-state index < -0.39 is 22.5 Å². The van der Waals surface area contributed by atoms with Crippen molar-refractivity contribution in [3.8, 4) is 0 Å². The van der Waals surface area contributed by atoms with Gasteiger partial charge in [-0.2, -0.15) is 13.5 Å². The number of aromatic nitrogens is 1. The van der Waals surface area contributed by atoms with Crippen LogP contribution < -0.4 is 11.5 Å². The van der Waals surface area contributed by atoms with Crippen molar-refractivity contribution >= 4 is 22.4 Å². The van der Waals surface area contributed by atoms with Crippen LogP contribution in [0.4, 0.5) is 4.79 Å². The van der Waals surface area contributed by atoms with Gasteiger partial charge in [-0.15, -0.1) is 4.28 Å². The van der Waals surface area contributed by atoms with E-state index in [1.807, 2.05) is 0 Å². The second kappa shape index (κ2) is 7.09. The molecule has 0 aliphatic carbocycles. The summed E-state index contributed by atoms with van der Waals surface area (Å²) < 4.78 is 40.3. The number of hydroxylamine groups is 2. The van der Waals surface area contributed by atoms with E-state index in [2.05, 4.69) is 14.4 Å². The predicted octanol–water partition coefficient (Wildman–Crippen LogP) is -0.444. The molecule has 2 bridgehead atoms. The highest BCUT2D eigenvalue weighted by Gasteiger charge is 2.48. The van der Waals surface area contributed by atoms with Crippen LogP contribution >= 0.6 is 0 Å². The minimum Gasteiger partial charge on any atom is -0.370 e. The number of aryl methyl sites for hydroxylation is 1. The number of fused-ring (bicyclic) bond motifs is 2. The highest BCUT2D eigenvalue weighted by molar-refractivity contribution is 7.80. The molecule has 12 nitrogen and oxygen atoms in total. The minimum atomic E-state index is -4.76. The molecular formula is C13H20N6O6S. The number of hydrogen-bond donors (Lipinski definition) is 3. The van der Waals surface area contributed by atoms with E-state index in [0.717, 1.165) is 0 Å². The zero-order valence-electron chi connectivity index (χ0n) is 13.8. The lowest BCUT2D eigenvalue weighted by atomic mass is 9.98. The molecular weight excluding hydrogens is 368 g/mol. The van der Waals surface area contributed by atoms with E-state index in [1.165, 1.54) is 4.90 Å². The fourth-order valence-corrected chi connectivity index (χ4v) is 3.59. The van der Waals surface area contributed by atoms with E-state index in [9.17, 15) is 13.2 Å². The molecule has 0 saturated carbocycles. The van der Waals surface area contributed by atoms with Crippen LogP contribution in [0.25, 0.3) is 0 Å². The Morgan fingerprint density at radius 3 is 2.92 bits per heavy atom. The van der Waals surface area contributed by atoms with Crippen molar-refractivity contribution in [1.29, 1.82) is 0 Å². The van der Waals surface area contributed by atoms with Gasteiger partial charge in [-0.05, 0) is 19.3 Å². The van der Waals surface area contributed by atoms with E-state index in [1.54, 1.807) is 6.07 Å². The first kappa shape index (κ1) is 18.4. The van der Waals surface area contributed by atoms with Crippen molar-refractivity contribution in [2.75, 3.05) is 13.1 Å². The summed E-state index contributed by atoms with van der Waals surface area (Å²) in [6.45, 7) is 0.752. The molecule has 0 spiro atoms. The van der Waals surface area contributed by atoms with Crippen molar-refractivity contribution in [3.05, 3.63) is 17.5 Å². The summed E-state index contributed by atoms with van der Waals surface area (Å²) in [6, 6.07) is 0.350. The maximum atomic E-state index is 12.4. The van der Waals surface area contributed by atoms with Crippen molar-refractivity contribution in [2.24, 2.45) is 16.5 Å². The smallest absolute Gasteiger partial charge is 0.370 e. The van der Waals surface area contributed by atoms with Gasteiger partial charge in [0.05, 0.1) is 12.1 Å². The zero-order valence-corrected chi connectivity index (χ0v) is 14.6. The van der Waals surface area contributed by atoms with Crippen molar-refractivity contribution < 1.29 is 26.6 Å². The fourth-order valence-electron chi connectivity index (χ4n) is 3.20. The van der Waals surface area contributed by atoms with Gasteiger partial charge in [0, 0.05) is 25.6 Å². The number of amides is 2. The normalized spacial score (nSPS) is 22.7. The molecule has 2 fully saturated rings. The average Bonchev–Trinajstić information content (AvgIpc) is 3.11. The number of piperidine rings is 1. The molecule has 2 atom stereocenters. The summed E-state index contributed by atoms with van der Waals surface area (Å²) in [5.74, 6) is 0.676. The predicted molar refractivity (Wildman–Crippen MR) is 87.8 cm³/mol. The van der Waals surface area contributed by atoms with E-state index in [4.69, 9.17) is 20.5 Å². The summed E-state index contributed by atoms with van der Waals surface area (Å²) in [5, 5.41) is 4.72. The molecule has 0 radical (unpaired) electrons. The third-order valence-electron chi connectivity index (χ3n) is 4.29. The molecule has 3 heterocycles. The average molecular weight is 388 g/mol. The van der Waals surface area contributed by atoms with Gasteiger partial charge in [0.2, 0.25) is 0 Å².